The van der Waals surface area contributed by atoms with Crippen molar-refractivity contribution in [2.75, 3.05) is 20.1 Å². The Kier molecular flexibility index (Phi) is 2.48. The van der Waals surface area contributed by atoms with Crippen LogP contribution in [0.25, 0.3) is 0 Å². The summed E-state index contributed by atoms with van der Waals surface area (Å²) >= 11 is 0. The maximum atomic E-state index is 12.0. The predicted molar refractivity (Wildman–Crippen MR) is 67.1 cm³/mol. The highest BCUT2D eigenvalue weighted by Crippen LogP contribution is 2.33. The molecule has 0 saturated heterocycles. The molecule has 3 aliphatic rings. The predicted octanol–water partition coefficient (Wildman–Crippen LogP) is 1.37. The second-order valence-electron chi connectivity index (χ2n) is 4.82. The molecule has 0 aromatic carbocycles. The first-order valence-electron chi connectivity index (χ1n) is 6.02. The number of carbonyl (C=O) groups is 1. The summed E-state index contributed by atoms with van der Waals surface area (Å²) in [5.41, 5.74) is 3.36. The van der Waals surface area contributed by atoms with Crippen LogP contribution in [0.2, 0.25) is 0 Å². The van der Waals surface area contributed by atoms with Gasteiger partial charge in [0.05, 0.1) is 0 Å². The third-order valence-electron chi connectivity index (χ3n) is 3.61. The summed E-state index contributed by atoms with van der Waals surface area (Å²) in [6.07, 6.45) is 10.9. The Morgan fingerprint density at radius 1 is 1.35 bits per heavy atom. The Bertz CT molecular complexity index is 482. The minimum atomic E-state index is 0.0644. The molecular weight excluding hydrogens is 212 g/mol. The Labute approximate surface area is 101 Å². The first-order valence-corrected chi connectivity index (χ1v) is 6.02. The molecule has 1 N–H and O–H groups in total. The Balaban J connectivity index is 2.06. The van der Waals surface area contributed by atoms with Crippen molar-refractivity contribution in [3.63, 3.8) is 0 Å². The summed E-state index contributed by atoms with van der Waals surface area (Å²) in [6.45, 7) is 1.97. The van der Waals surface area contributed by atoms with Gasteiger partial charge in [0, 0.05) is 36.7 Å². The quantitative estimate of drug-likeness (QED) is 0.679. The van der Waals surface area contributed by atoms with E-state index < -0.39 is 0 Å². The fraction of sp³-hybridized carbons (Fsp3) is 0.357. The number of nitrogens with one attached hydrogen (secondary N) is 1. The standard InChI is InChI=1S/C14H16N2O/c1-16-8-7-13-12(9-16)10-5-3-2-4-6-11(10)14(17)15-13/h2-6,10H,7-9H2,1H3,(H,15,17). The molecule has 0 aromatic heterocycles. The molecule has 2 aliphatic heterocycles. The van der Waals surface area contributed by atoms with Gasteiger partial charge in [-0.2, -0.15) is 0 Å². The van der Waals surface area contributed by atoms with E-state index in [1.54, 1.807) is 0 Å². The van der Waals surface area contributed by atoms with E-state index in [-0.39, 0.29) is 11.8 Å². The summed E-state index contributed by atoms with van der Waals surface area (Å²) in [4.78, 5) is 14.3. The molecule has 3 nitrogen and oxygen atoms in total. The van der Waals surface area contributed by atoms with Gasteiger partial charge in [-0.1, -0.05) is 30.4 Å². The topological polar surface area (TPSA) is 32.3 Å². The molecule has 0 radical (unpaired) electrons. The van der Waals surface area contributed by atoms with Gasteiger partial charge in [-0.05, 0) is 12.6 Å². The third kappa shape index (κ3) is 1.76. The maximum Gasteiger partial charge on any atom is 0.252 e. The first kappa shape index (κ1) is 10.5. The van der Waals surface area contributed by atoms with Gasteiger partial charge in [0.1, 0.15) is 0 Å². The van der Waals surface area contributed by atoms with E-state index in [4.69, 9.17) is 0 Å². The van der Waals surface area contributed by atoms with Gasteiger partial charge in [-0.25, -0.2) is 0 Å². The van der Waals surface area contributed by atoms with Gasteiger partial charge in [-0.3, -0.25) is 4.79 Å². The fourth-order valence-corrected chi connectivity index (χ4v) is 2.69. The fourth-order valence-electron chi connectivity index (χ4n) is 2.69. The average molecular weight is 228 g/mol. The molecule has 0 fully saturated rings. The van der Waals surface area contributed by atoms with Gasteiger partial charge in [0.25, 0.3) is 5.91 Å². The number of allylic oxidation sites excluding steroid dienone is 5. The molecule has 1 amide bonds. The molecule has 1 aliphatic carbocycles. The zero-order valence-corrected chi connectivity index (χ0v) is 9.94. The summed E-state index contributed by atoms with van der Waals surface area (Å²) < 4.78 is 0. The van der Waals surface area contributed by atoms with Gasteiger partial charge in [0.2, 0.25) is 0 Å². The highest BCUT2D eigenvalue weighted by atomic mass is 16.1. The summed E-state index contributed by atoms with van der Waals surface area (Å²) in [5.74, 6) is 0.228. The smallest absolute Gasteiger partial charge is 0.252 e. The van der Waals surface area contributed by atoms with Crippen LogP contribution < -0.4 is 5.32 Å². The lowest BCUT2D eigenvalue weighted by atomic mass is 9.83. The number of fused-ring (bicyclic) bond motifs is 2. The Morgan fingerprint density at radius 3 is 3.12 bits per heavy atom. The molecule has 88 valence electrons. The lowest BCUT2D eigenvalue weighted by Crippen LogP contribution is -2.42. The molecule has 2 heterocycles. The molecular formula is C14H16N2O. The SMILES string of the molecule is CN1CCC2=C(C1)C1C=CC=CC=C1C(=O)N2. The largest absolute Gasteiger partial charge is 0.326 e. The zero-order valence-electron chi connectivity index (χ0n) is 9.94. The Morgan fingerprint density at radius 2 is 2.24 bits per heavy atom. The lowest BCUT2D eigenvalue weighted by Gasteiger charge is -2.35. The van der Waals surface area contributed by atoms with Crippen molar-refractivity contribution >= 4 is 5.91 Å². The van der Waals surface area contributed by atoms with Crippen LogP contribution in [0.1, 0.15) is 6.42 Å². The molecule has 17 heavy (non-hydrogen) atoms. The second-order valence-corrected chi connectivity index (χ2v) is 4.82. The summed E-state index contributed by atoms with van der Waals surface area (Å²) in [5, 5.41) is 3.04. The van der Waals surface area contributed by atoms with E-state index in [9.17, 15) is 4.79 Å². The number of hydrogen-bond acceptors (Lipinski definition) is 2. The monoisotopic (exact) mass is 228 g/mol. The van der Waals surface area contributed by atoms with Crippen molar-refractivity contribution in [2.45, 2.75) is 6.42 Å². The van der Waals surface area contributed by atoms with E-state index in [1.165, 1.54) is 5.57 Å². The molecule has 1 atom stereocenters. The highest BCUT2D eigenvalue weighted by molar-refractivity contribution is 5.98. The van der Waals surface area contributed by atoms with E-state index in [0.717, 1.165) is 30.8 Å². The number of rotatable bonds is 0. The minimum absolute atomic E-state index is 0.0644. The molecule has 1 unspecified atom stereocenters. The number of hydrogen-bond donors (Lipinski definition) is 1. The van der Waals surface area contributed by atoms with Crippen LogP contribution in [0.15, 0.2) is 47.2 Å². The van der Waals surface area contributed by atoms with Crippen LogP contribution in [0.4, 0.5) is 0 Å². The van der Waals surface area contributed by atoms with Crippen LogP contribution in [-0.2, 0) is 4.79 Å². The van der Waals surface area contributed by atoms with Gasteiger partial charge >= 0.3 is 0 Å². The Hall–Kier alpha value is -1.61. The van der Waals surface area contributed by atoms with Crippen molar-refractivity contribution in [1.82, 2.24) is 10.2 Å². The van der Waals surface area contributed by atoms with Crippen LogP contribution in [0.3, 0.4) is 0 Å². The molecule has 0 saturated carbocycles. The zero-order chi connectivity index (χ0) is 11.8. The first-order chi connectivity index (χ1) is 8.25. The number of nitrogens with zero attached hydrogens (tertiary/aromatic N) is 1. The van der Waals surface area contributed by atoms with Crippen molar-refractivity contribution < 1.29 is 4.79 Å². The highest BCUT2D eigenvalue weighted by Gasteiger charge is 2.32. The molecule has 0 aromatic rings. The number of likely N-dealkylation sites (N-methyl/N-ethyl adjacent to an activating group) is 1. The summed E-state index contributed by atoms with van der Waals surface area (Å²) in [6, 6.07) is 0. The van der Waals surface area contributed by atoms with Crippen molar-refractivity contribution in [2.24, 2.45) is 5.92 Å². The molecule has 0 spiro atoms. The van der Waals surface area contributed by atoms with Crippen LogP contribution in [0, 0.1) is 5.92 Å². The van der Waals surface area contributed by atoms with Crippen LogP contribution in [-0.4, -0.2) is 30.9 Å². The molecule has 3 rings (SSSR count). The number of carbonyl (C=O) groups excluding carboxylic acids is 1. The maximum absolute atomic E-state index is 12.0. The van der Waals surface area contributed by atoms with Crippen molar-refractivity contribution in [3.8, 4) is 0 Å². The van der Waals surface area contributed by atoms with Gasteiger partial charge in [-0.15, -0.1) is 0 Å². The number of amides is 1. The van der Waals surface area contributed by atoms with E-state index in [1.807, 2.05) is 24.3 Å². The molecule has 3 heteroatoms. The van der Waals surface area contributed by atoms with Gasteiger partial charge in [0.15, 0.2) is 0 Å². The van der Waals surface area contributed by atoms with E-state index in [2.05, 4.69) is 23.3 Å². The minimum Gasteiger partial charge on any atom is -0.326 e. The van der Waals surface area contributed by atoms with Crippen LogP contribution in [0.5, 0.6) is 0 Å². The summed E-state index contributed by atoms with van der Waals surface area (Å²) in [7, 11) is 2.13. The van der Waals surface area contributed by atoms with Gasteiger partial charge < -0.3 is 10.2 Å². The van der Waals surface area contributed by atoms with Crippen molar-refractivity contribution in [1.29, 1.82) is 0 Å². The normalized spacial score (nSPS) is 28.2. The lowest BCUT2D eigenvalue weighted by molar-refractivity contribution is -0.117. The van der Waals surface area contributed by atoms with Crippen LogP contribution >= 0.6 is 0 Å². The van der Waals surface area contributed by atoms with E-state index in [0.29, 0.717) is 0 Å². The average Bonchev–Trinajstić information content (AvgIpc) is 2.56. The van der Waals surface area contributed by atoms with E-state index >= 15 is 0 Å². The van der Waals surface area contributed by atoms with Crippen molar-refractivity contribution in [3.05, 3.63) is 47.2 Å². The third-order valence-corrected chi connectivity index (χ3v) is 3.61. The molecule has 0 bridgehead atoms. The second kappa shape index (κ2) is 4.00.